The first kappa shape index (κ1) is 10.6. The fraction of sp³-hybridized carbons (Fsp3) is 0.100. The molecular weight excluding hydrogens is 232 g/mol. The van der Waals surface area contributed by atoms with E-state index in [2.05, 4.69) is 9.97 Å². The minimum absolute atomic E-state index is 0.216. The monoisotopic (exact) mass is 238 g/mol. The van der Waals surface area contributed by atoms with Crippen LogP contribution in [0.3, 0.4) is 0 Å². The highest BCUT2D eigenvalue weighted by atomic mass is 35.5. The lowest BCUT2D eigenvalue weighted by Gasteiger charge is -1.97. The summed E-state index contributed by atoms with van der Waals surface area (Å²) in [4.78, 5) is 38.6. The van der Waals surface area contributed by atoms with Gasteiger partial charge < -0.3 is 9.97 Å². The smallest absolute Gasteiger partial charge is 0.306 e. The van der Waals surface area contributed by atoms with Crippen molar-refractivity contribution in [3.63, 3.8) is 0 Å². The molecule has 0 saturated carbocycles. The zero-order valence-corrected chi connectivity index (χ0v) is 8.80. The van der Waals surface area contributed by atoms with E-state index in [0.717, 1.165) is 0 Å². The first-order chi connectivity index (χ1) is 7.61. The van der Waals surface area contributed by atoms with Gasteiger partial charge in [-0.05, 0) is 18.2 Å². The number of halogens is 1. The predicted octanol–water partition coefficient (Wildman–Crippen LogP) is 0.847. The van der Waals surface area contributed by atoms with Gasteiger partial charge in [0.25, 0.3) is 0 Å². The molecule has 0 aliphatic carbocycles. The number of carbonyl (C=O) groups is 2. The van der Waals surface area contributed by atoms with Gasteiger partial charge in [-0.15, -0.1) is 11.6 Å². The molecular formula is C10H7ClN2O3. The number of hydrogen-bond donors (Lipinski definition) is 2. The van der Waals surface area contributed by atoms with Crippen LogP contribution in [0.1, 0.15) is 10.4 Å². The van der Waals surface area contributed by atoms with E-state index in [1.807, 2.05) is 0 Å². The van der Waals surface area contributed by atoms with Crippen LogP contribution in [0.5, 0.6) is 0 Å². The molecule has 6 heteroatoms. The number of imidazole rings is 1. The summed E-state index contributed by atoms with van der Waals surface area (Å²) in [7, 11) is 0. The van der Waals surface area contributed by atoms with E-state index in [9.17, 15) is 14.4 Å². The van der Waals surface area contributed by atoms with Crippen molar-refractivity contribution < 1.29 is 9.59 Å². The number of H-pyrrole nitrogens is 2. The second kappa shape index (κ2) is 3.94. The maximum Gasteiger partial charge on any atom is 0.323 e. The zero-order valence-electron chi connectivity index (χ0n) is 8.04. The maximum absolute atomic E-state index is 11.5. The number of rotatable bonds is 3. The lowest BCUT2D eigenvalue weighted by atomic mass is 10.1. The van der Waals surface area contributed by atoms with E-state index >= 15 is 0 Å². The molecule has 1 aromatic carbocycles. The standard InChI is InChI=1S/C10H7ClN2O3/c11-4-8(14)9(15)5-1-2-6-7(3-5)13-10(16)12-6/h1-3H,4H2,(H2,12,13,16). The molecule has 0 radical (unpaired) electrons. The summed E-state index contributed by atoms with van der Waals surface area (Å²) >= 11 is 5.28. The number of aromatic amines is 2. The minimum atomic E-state index is -0.668. The molecule has 0 amide bonds. The molecule has 2 rings (SSSR count). The first-order valence-corrected chi connectivity index (χ1v) is 5.01. The number of Topliss-reactive ketones (excluding diaryl/α,β-unsaturated/α-hetero) is 2. The average molecular weight is 239 g/mol. The number of benzene rings is 1. The molecule has 0 fully saturated rings. The van der Waals surface area contributed by atoms with E-state index in [0.29, 0.717) is 11.0 Å². The van der Waals surface area contributed by atoms with Crippen molar-refractivity contribution in [2.75, 3.05) is 5.88 Å². The average Bonchev–Trinajstić information content (AvgIpc) is 2.65. The molecule has 1 aromatic heterocycles. The maximum atomic E-state index is 11.5. The Morgan fingerprint density at radius 2 is 1.88 bits per heavy atom. The highest BCUT2D eigenvalue weighted by molar-refractivity contribution is 6.51. The molecule has 82 valence electrons. The Hall–Kier alpha value is -1.88. The fourth-order valence-corrected chi connectivity index (χ4v) is 1.52. The van der Waals surface area contributed by atoms with Crippen LogP contribution in [0.2, 0.25) is 0 Å². The Balaban J connectivity index is 2.50. The molecule has 1 heterocycles. The number of nitrogens with one attached hydrogen (secondary N) is 2. The van der Waals surface area contributed by atoms with Crippen molar-refractivity contribution in [3.8, 4) is 0 Å². The van der Waals surface area contributed by atoms with Gasteiger partial charge in [-0.1, -0.05) is 0 Å². The van der Waals surface area contributed by atoms with Crippen LogP contribution in [0.25, 0.3) is 11.0 Å². The summed E-state index contributed by atoms with van der Waals surface area (Å²) in [5.41, 5.74) is 0.926. The molecule has 16 heavy (non-hydrogen) atoms. The summed E-state index contributed by atoms with van der Waals surface area (Å²) in [6, 6.07) is 4.47. The molecule has 5 nitrogen and oxygen atoms in total. The summed E-state index contributed by atoms with van der Waals surface area (Å²) in [5, 5.41) is 0. The summed E-state index contributed by atoms with van der Waals surface area (Å²) in [5.74, 6) is -1.67. The Morgan fingerprint density at radius 1 is 1.19 bits per heavy atom. The lowest BCUT2D eigenvalue weighted by Crippen LogP contribution is -2.15. The van der Waals surface area contributed by atoms with Crippen LogP contribution in [-0.2, 0) is 4.79 Å². The van der Waals surface area contributed by atoms with Crippen molar-refractivity contribution in [2.24, 2.45) is 0 Å². The lowest BCUT2D eigenvalue weighted by molar-refractivity contribution is -0.112. The Bertz CT molecular complexity index is 626. The number of aromatic nitrogens is 2. The Morgan fingerprint density at radius 3 is 2.56 bits per heavy atom. The van der Waals surface area contributed by atoms with Crippen LogP contribution in [0, 0.1) is 0 Å². The van der Waals surface area contributed by atoms with Gasteiger partial charge in [0.05, 0.1) is 16.9 Å². The second-order valence-electron chi connectivity index (χ2n) is 3.23. The van der Waals surface area contributed by atoms with Crippen LogP contribution in [0.4, 0.5) is 0 Å². The number of ketones is 2. The predicted molar refractivity (Wildman–Crippen MR) is 59.0 cm³/mol. The molecule has 0 aliphatic rings. The second-order valence-corrected chi connectivity index (χ2v) is 3.49. The van der Waals surface area contributed by atoms with Gasteiger partial charge >= 0.3 is 5.69 Å². The van der Waals surface area contributed by atoms with Crippen molar-refractivity contribution in [2.45, 2.75) is 0 Å². The van der Waals surface area contributed by atoms with E-state index < -0.39 is 11.6 Å². The molecule has 0 atom stereocenters. The van der Waals surface area contributed by atoms with Gasteiger partial charge in [-0.25, -0.2) is 4.79 Å². The molecule has 2 aromatic rings. The third kappa shape index (κ3) is 1.77. The van der Waals surface area contributed by atoms with Crippen LogP contribution >= 0.6 is 11.6 Å². The molecule has 0 unspecified atom stereocenters. The summed E-state index contributed by atoms with van der Waals surface area (Å²) < 4.78 is 0. The van der Waals surface area contributed by atoms with Crippen LogP contribution in [0.15, 0.2) is 23.0 Å². The third-order valence-corrected chi connectivity index (χ3v) is 2.40. The van der Waals surface area contributed by atoms with Gasteiger partial charge in [0.15, 0.2) is 0 Å². The molecule has 2 N–H and O–H groups in total. The quantitative estimate of drug-likeness (QED) is 0.472. The van der Waals surface area contributed by atoms with Crippen molar-refractivity contribution >= 4 is 34.2 Å². The van der Waals surface area contributed by atoms with E-state index in [-0.39, 0.29) is 17.1 Å². The van der Waals surface area contributed by atoms with Crippen molar-refractivity contribution in [3.05, 3.63) is 34.2 Å². The van der Waals surface area contributed by atoms with Crippen LogP contribution in [-0.4, -0.2) is 27.4 Å². The van der Waals surface area contributed by atoms with E-state index in [1.165, 1.54) is 12.1 Å². The molecule has 0 saturated heterocycles. The van der Waals surface area contributed by atoms with Gasteiger partial charge in [0, 0.05) is 5.56 Å². The number of fused-ring (bicyclic) bond motifs is 1. The van der Waals surface area contributed by atoms with Gasteiger partial charge in [-0.3, -0.25) is 9.59 Å². The summed E-state index contributed by atoms with van der Waals surface area (Å²) in [6.45, 7) is 0. The highest BCUT2D eigenvalue weighted by Crippen LogP contribution is 2.11. The van der Waals surface area contributed by atoms with Gasteiger partial charge in [-0.2, -0.15) is 0 Å². The first-order valence-electron chi connectivity index (χ1n) is 4.47. The Labute approximate surface area is 94.4 Å². The third-order valence-electron chi connectivity index (χ3n) is 2.15. The number of alkyl halides is 1. The fourth-order valence-electron chi connectivity index (χ4n) is 1.40. The van der Waals surface area contributed by atoms with Crippen molar-refractivity contribution in [1.29, 1.82) is 0 Å². The Kier molecular flexibility index (Phi) is 2.62. The molecule has 0 bridgehead atoms. The molecule has 0 aliphatic heterocycles. The topological polar surface area (TPSA) is 82.8 Å². The van der Waals surface area contributed by atoms with Gasteiger partial charge in [0.2, 0.25) is 11.6 Å². The summed E-state index contributed by atoms with van der Waals surface area (Å²) in [6.07, 6.45) is 0. The largest absolute Gasteiger partial charge is 0.323 e. The minimum Gasteiger partial charge on any atom is -0.306 e. The van der Waals surface area contributed by atoms with E-state index in [1.54, 1.807) is 6.07 Å². The van der Waals surface area contributed by atoms with Crippen LogP contribution < -0.4 is 5.69 Å². The highest BCUT2D eigenvalue weighted by Gasteiger charge is 2.15. The van der Waals surface area contributed by atoms with E-state index in [4.69, 9.17) is 11.6 Å². The molecule has 0 spiro atoms. The normalized spacial score (nSPS) is 10.6. The SMILES string of the molecule is O=C(CCl)C(=O)c1ccc2[nH]c(=O)[nH]c2c1. The van der Waals surface area contributed by atoms with Crippen molar-refractivity contribution in [1.82, 2.24) is 9.97 Å². The number of hydrogen-bond acceptors (Lipinski definition) is 3. The number of carbonyl (C=O) groups excluding carboxylic acids is 2. The zero-order chi connectivity index (χ0) is 11.7. The van der Waals surface area contributed by atoms with Gasteiger partial charge in [0.1, 0.15) is 0 Å².